The van der Waals surface area contributed by atoms with Crippen LogP contribution >= 0.6 is 0 Å². The highest BCUT2D eigenvalue weighted by Crippen LogP contribution is 2.49. The molecule has 2 unspecified atom stereocenters. The number of rotatable bonds is 11. The number of nitrogens with one attached hydrogen (secondary N) is 1. The number of aliphatic hydroxyl groups is 1. The van der Waals surface area contributed by atoms with Gasteiger partial charge in [-0.15, -0.1) is 0 Å². The summed E-state index contributed by atoms with van der Waals surface area (Å²) in [5, 5.41) is 13.3. The first-order valence-electron chi connectivity index (χ1n) is 12.9. The second-order valence-corrected chi connectivity index (χ2v) is 9.70. The second kappa shape index (κ2) is 12.6. The van der Waals surface area contributed by atoms with E-state index in [4.69, 9.17) is 7.85 Å². The van der Waals surface area contributed by atoms with Crippen LogP contribution < -0.4 is 5.32 Å². The van der Waals surface area contributed by atoms with E-state index in [2.05, 4.69) is 23.3 Å². The predicted molar refractivity (Wildman–Crippen MR) is 150 cm³/mol. The van der Waals surface area contributed by atoms with Gasteiger partial charge in [-0.1, -0.05) is 50.6 Å². The Morgan fingerprint density at radius 1 is 1.32 bits per heavy atom. The molecule has 1 aliphatic carbocycles. The molecule has 1 fully saturated rings. The first-order chi connectivity index (χ1) is 17.3. The zero-order chi connectivity index (χ0) is 28.0. The fourth-order valence-electron chi connectivity index (χ4n) is 4.04. The summed E-state index contributed by atoms with van der Waals surface area (Å²) in [6.07, 6.45) is 13.3. The summed E-state index contributed by atoms with van der Waals surface area (Å²) in [4.78, 5) is 16.3. The minimum absolute atomic E-state index is 0.252. The summed E-state index contributed by atoms with van der Waals surface area (Å²) in [7, 11) is 6.24. The van der Waals surface area contributed by atoms with E-state index in [1.54, 1.807) is 12.3 Å². The Kier molecular flexibility index (Phi) is 10.4. The van der Waals surface area contributed by atoms with Gasteiger partial charge in [-0.25, -0.2) is 13.8 Å². The van der Waals surface area contributed by atoms with Crippen LogP contribution in [0.1, 0.15) is 78.4 Å². The minimum Gasteiger partial charge on any atom is -0.395 e. The average molecular weight is 508 g/mol. The molecule has 2 rings (SSSR count). The third kappa shape index (κ3) is 7.84. The maximum Gasteiger partial charge on any atom is 0.260 e. The highest BCUT2D eigenvalue weighted by molar-refractivity contribution is 6.16. The van der Waals surface area contributed by atoms with Crippen LogP contribution in [0, 0.1) is 12.8 Å². The molecule has 2 N–H and O–H groups in total. The van der Waals surface area contributed by atoms with Gasteiger partial charge in [0.1, 0.15) is 19.6 Å². The lowest BCUT2D eigenvalue weighted by Gasteiger charge is -2.27. The molecule has 0 aromatic carbocycles. The van der Waals surface area contributed by atoms with Crippen LogP contribution in [0.3, 0.4) is 0 Å². The van der Waals surface area contributed by atoms with Crippen molar-refractivity contribution in [3.63, 3.8) is 0 Å². The van der Waals surface area contributed by atoms with Crippen LogP contribution in [-0.2, 0) is 4.79 Å². The first kappa shape index (κ1) is 30.4. The Labute approximate surface area is 221 Å². The molecular weight excluding hydrogens is 469 g/mol. The Hall–Kier alpha value is -2.80. The van der Waals surface area contributed by atoms with Gasteiger partial charge < -0.3 is 10.4 Å². The van der Waals surface area contributed by atoms with Gasteiger partial charge in [0.2, 0.25) is 5.91 Å². The molecule has 4 nitrogen and oxygen atoms in total. The molecule has 0 saturated heterocycles. The van der Waals surface area contributed by atoms with E-state index in [9.17, 15) is 18.7 Å². The monoisotopic (exact) mass is 508 g/mol. The highest BCUT2D eigenvalue weighted by atomic mass is 19.3. The van der Waals surface area contributed by atoms with Crippen molar-refractivity contribution in [2.75, 3.05) is 5.32 Å². The Bertz CT molecular complexity index is 1160. The number of anilines is 1. The van der Waals surface area contributed by atoms with Gasteiger partial charge in [0.15, 0.2) is 0 Å². The first-order valence-corrected chi connectivity index (χ1v) is 12.9. The predicted octanol–water partition coefficient (Wildman–Crippen LogP) is 7.22. The van der Waals surface area contributed by atoms with Crippen LogP contribution in [-0.4, -0.2) is 35.3 Å². The third-order valence-electron chi connectivity index (χ3n) is 6.77. The molecular formula is C30H39BF2N2O2. The summed E-state index contributed by atoms with van der Waals surface area (Å²) in [6.45, 7) is 13.8. The molecule has 7 heteroatoms. The molecule has 198 valence electrons. The fraction of sp³-hybridized carbons (Fsp3) is 0.467. The third-order valence-corrected chi connectivity index (χ3v) is 6.77. The number of nitrogens with zero attached hydrogens (tertiary/aromatic N) is 1. The molecule has 37 heavy (non-hydrogen) atoms. The van der Waals surface area contributed by atoms with Crippen molar-refractivity contribution >= 4 is 25.6 Å². The van der Waals surface area contributed by atoms with Gasteiger partial charge in [-0.2, -0.15) is 0 Å². The van der Waals surface area contributed by atoms with Crippen molar-refractivity contribution in [2.45, 2.75) is 85.6 Å². The number of aryl methyl sites for hydroxylation is 1. The van der Waals surface area contributed by atoms with Crippen molar-refractivity contribution in [1.29, 1.82) is 0 Å². The lowest BCUT2D eigenvalue weighted by molar-refractivity contribution is -0.119. The quantitative estimate of drug-likeness (QED) is 0.245. The summed E-state index contributed by atoms with van der Waals surface area (Å²) >= 11 is 0. The van der Waals surface area contributed by atoms with E-state index in [0.717, 1.165) is 46.3 Å². The number of allylic oxidation sites excluding steroid dienone is 7. The van der Waals surface area contributed by atoms with Crippen molar-refractivity contribution in [3.05, 3.63) is 75.6 Å². The molecule has 1 amide bonds. The SMILES string of the molecule is [B]C(O)(CC)C(/C=C(C)\C(=C/C)C(\C=C\CC)=C\c1cnc(NC(=O)C2CC2(F)F)cc1C)=C(/C)CC. The number of pyridine rings is 1. The van der Waals surface area contributed by atoms with Crippen molar-refractivity contribution in [2.24, 2.45) is 5.92 Å². The number of alkyl halides is 2. The fourth-order valence-corrected chi connectivity index (χ4v) is 4.04. The van der Waals surface area contributed by atoms with Crippen molar-refractivity contribution < 1.29 is 18.7 Å². The number of hydrogen-bond acceptors (Lipinski definition) is 3. The topological polar surface area (TPSA) is 62.2 Å². The van der Waals surface area contributed by atoms with Gasteiger partial charge in [-0.05, 0) is 92.5 Å². The van der Waals surface area contributed by atoms with Gasteiger partial charge in [-0.3, -0.25) is 4.79 Å². The number of hydrogen-bond donors (Lipinski definition) is 2. The zero-order valence-corrected chi connectivity index (χ0v) is 23.1. The Morgan fingerprint density at radius 3 is 2.46 bits per heavy atom. The molecule has 1 heterocycles. The van der Waals surface area contributed by atoms with E-state index >= 15 is 0 Å². The number of aromatic nitrogens is 1. The second-order valence-electron chi connectivity index (χ2n) is 9.70. The van der Waals surface area contributed by atoms with E-state index in [1.165, 1.54) is 0 Å². The van der Waals surface area contributed by atoms with Crippen LogP contribution in [0.5, 0.6) is 0 Å². The van der Waals surface area contributed by atoms with E-state index < -0.39 is 29.7 Å². The minimum atomic E-state index is -2.92. The molecule has 0 aliphatic heterocycles. The lowest BCUT2D eigenvalue weighted by Crippen LogP contribution is -2.31. The Morgan fingerprint density at radius 2 is 1.97 bits per heavy atom. The highest BCUT2D eigenvalue weighted by Gasteiger charge is 2.61. The normalized spacial score (nSPS) is 20.5. The van der Waals surface area contributed by atoms with Gasteiger partial charge >= 0.3 is 0 Å². The van der Waals surface area contributed by atoms with E-state index in [0.29, 0.717) is 12.0 Å². The standard InChI is InChI=1S/C30H39BF2N2O2/c1-8-12-13-22(24(10-3)21(7)14-25(19(5)9-2)29(31,37)11-4)16-23-18-34-27(15-20(23)6)35-28(36)26-17-30(26,32)33/h10,12-16,18,26,37H,8-9,11,17H2,1-7H3,(H,34,35,36)/b13-12+,21-14-,22-16+,24-10+,25-19-. The zero-order valence-electron chi connectivity index (χ0n) is 23.1. The van der Waals surface area contributed by atoms with Crippen LogP contribution in [0.2, 0.25) is 0 Å². The molecule has 0 bridgehead atoms. The molecule has 1 aromatic rings. The van der Waals surface area contributed by atoms with Crippen LogP contribution in [0.25, 0.3) is 6.08 Å². The summed E-state index contributed by atoms with van der Waals surface area (Å²) in [5.74, 6) is -4.65. The maximum absolute atomic E-state index is 13.2. The number of halogens is 2. The number of carbonyl (C=O) groups excluding carboxylic acids is 1. The molecule has 1 aliphatic rings. The van der Waals surface area contributed by atoms with E-state index in [-0.39, 0.29) is 5.82 Å². The van der Waals surface area contributed by atoms with Crippen molar-refractivity contribution in [3.8, 4) is 0 Å². The van der Waals surface area contributed by atoms with Gasteiger partial charge in [0.05, 0.1) is 0 Å². The van der Waals surface area contributed by atoms with Crippen LogP contribution in [0.15, 0.2) is 64.4 Å². The van der Waals surface area contributed by atoms with Gasteiger partial charge in [0.25, 0.3) is 5.92 Å². The maximum atomic E-state index is 13.2. The molecule has 1 aromatic heterocycles. The number of amides is 1. The molecule has 2 atom stereocenters. The summed E-state index contributed by atoms with van der Waals surface area (Å²) in [6, 6.07) is 1.69. The molecule has 1 saturated carbocycles. The summed E-state index contributed by atoms with van der Waals surface area (Å²) < 4.78 is 26.4. The van der Waals surface area contributed by atoms with Gasteiger partial charge in [0, 0.05) is 18.1 Å². The lowest BCUT2D eigenvalue weighted by atomic mass is 9.70. The summed E-state index contributed by atoms with van der Waals surface area (Å²) in [5.41, 5.74) is 4.88. The van der Waals surface area contributed by atoms with Crippen LogP contribution in [0.4, 0.5) is 14.6 Å². The largest absolute Gasteiger partial charge is 0.395 e. The average Bonchev–Trinajstić information content (AvgIpc) is 3.50. The Balaban J connectivity index is 2.46. The molecule has 0 spiro atoms. The smallest absolute Gasteiger partial charge is 0.260 e. The molecule has 2 radical (unpaired) electrons. The van der Waals surface area contributed by atoms with E-state index in [1.807, 2.05) is 65.8 Å². The van der Waals surface area contributed by atoms with Crippen molar-refractivity contribution in [1.82, 2.24) is 4.98 Å². The number of carbonyl (C=O) groups is 1.